The first-order valence-electron chi connectivity index (χ1n) is 8.51. The van der Waals surface area contributed by atoms with Crippen LogP contribution in [0.4, 0.5) is 4.79 Å². The average molecular weight is 413 g/mol. The summed E-state index contributed by atoms with van der Waals surface area (Å²) in [5.74, 6) is -1.48. The van der Waals surface area contributed by atoms with Crippen molar-refractivity contribution in [2.45, 2.75) is 51.7 Å². The number of rotatable bonds is 8. The van der Waals surface area contributed by atoms with Crippen molar-refractivity contribution in [3.8, 4) is 0 Å². The summed E-state index contributed by atoms with van der Waals surface area (Å²) in [5, 5.41) is 6.50. The zero-order valence-corrected chi connectivity index (χ0v) is 16.8. The number of hydrogen-bond acceptors (Lipinski definition) is 6. The van der Waals surface area contributed by atoms with Crippen molar-refractivity contribution in [1.29, 1.82) is 0 Å². The van der Waals surface area contributed by atoms with E-state index in [1.807, 2.05) is 0 Å². The molecular formula is C18H25ClN4O5. The molecule has 0 fully saturated rings. The number of nitrogens with zero attached hydrogens (tertiary/aromatic N) is 1. The Balaban J connectivity index is 2.71. The molecule has 1 atom stereocenters. The summed E-state index contributed by atoms with van der Waals surface area (Å²) in [6.07, 6.45) is -0.813. The summed E-state index contributed by atoms with van der Waals surface area (Å²) in [5.41, 5.74) is 10.9. The van der Waals surface area contributed by atoms with Crippen molar-refractivity contribution in [2.24, 2.45) is 16.6 Å². The van der Waals surface area contributed by atoms with E-state index < -0.39 is 29.6 Å². The number of hydrogen-bond donors (Lipinski definition) is 3. The van der Waals surface area contributed by atoms with Gasteiger partial charge in [0.15, 0.2) is 0 Å². The molecular weight excluding hydrogens is 388 g/mol. The normalized spacial score (nSPS) is 12.8. The molecule has 1 aromatic rings. The SMILES string of the molecule is CC(C)(C)OC(=O)N[C@@H](CCC(N)=O)C(=O)O/N=C(\N)Cc1ccc(Cl)cc1. The van der Waals surface area contributed by atoms with Crippen molar-refractivity contribution < 1.29 is 24.0 Å². The van der Waals surface area contributed by atoms with Crippen LogP contribution >= 0.6 is 11.6 Å². The van der Waals surface area contributed by atoms with Gasteiger partial charge in [-0.1, -0.05) is 28.9 Å². The number of benzene rings is 1. The van der Waals surface area contributed by atoms with Gasteiger partial charge >= 0.3 is 12.1 Å². The second kappa shape index (κ2) is 10.5. The van der Waals surface area contributed by atoms with Gasteiger partial charge in [-0.05, 0) is 44.9 Å². The van der Waals surface area contributed by atoms with Crippen LogP contribution in [0, 0.1) is 0 Å². The Morgan fingerprint density at radius 3 is 2.32 bits per heavy atom. The van der Waals surface area contributed by atoms with Crippen LogP contribution in [0.2, 0.25) is 5.02 Å². The Bertz CT molecular complexity index is 728. The minimum absolute atomic E-state index is 0.0431. The molecule has 10 heteroatoms. The maximum atomic E-state index is 12.2. The van der Waals surface area contributed by atoms with Gasteiger partial charge in [-0.15, -0.1) is 0 Å². The first kappa shape index (κ1) is 23.2. The Kier molecular flexibility index (Phi) is 8.72. The van der Waals surface area contributed by atoms with E-state index in [1.54, 1.807) is 45.0 Å². The van der Waals surface area contributed by atoms with Gasteiger partial charge in [0.1, 0.15) is 17.5 Å². The van der Waals surface area contributed by atoms with Crippen LogP contribution in [0.3, 0.4) is 0 Å². The lowest BCUT2D eigenvalue weighted by atomic mass is 10.1. The molecule has 0 unspecified atom stereocenters. The standard InChI is InChI=1S/C18H25ClN4O5/c1-18(2,3)27-17(26)22-13(8-9-15(21)24)16(25)28-23-14(20)10-11-4-6-12(19)7-5-11/h4-7,13H,8-10H2,1-3H3,(H2,20,23)(H2,21,24)(H,22,26)/t13-/m0/s1. The minimum Gasteiger partial charge on any atom is -0.444 e. The van der Waals surface area contributed by atoms with Crippen molar-refractivity contribution in [1.82, 2.24) is 5.32 Å². The summed E-state index contributed by atoms with van der Waals surface area (Å²) < 4.78 is 5.09. The van der Waals surface area contributed by atoms with Gasteiger partial charge in [0.05, 0.1) is 0 Å². The number of ether oxygens (including phenoxy) is 1. The van der Waals surface area contributed by atoms with Gasteiger partial charge in [0.2, 0.25) is 5.91 Å². The van der Waals surface area contributed by atoms with E-state index in [2.05, 4.69) is 10.5 Å². The van der Waals surface area contributed by atoms with Crippen molar-refractivity contribution in [3.63, 3.8) is 0 Å². The number of carbonyl (C=O) groups excluding carboxylic acids is 3. The van der Waals surface area contributed by atoms with E-state index in [9.17, 15) is 14.4 Å². The van der Waals surface area contributed by atoms with E-state index >= 15 is 0 Å². The van der Waals surface area contributed by atoms with Crippen molar-refractivity contribution in [2.75, 3.05) is 0 Å². The third-order valence-electron chi connectivity index (χ3n) is 3.21. The van der Waals surface area contributed by atoms with Crippen LogP contribution in [-0.2, 0) is 25.6 Å². The fraction of sp³-hybridized carbons (Fsp3) is 0.444. The third-order valence-corrected chi connectivity index (χ3v) is 3.46. The maximum absolute atomic E-state index is 12.2. The highest BCUT2D eigenvalue weighted by Gasteiger charge is 2.26. The molecule has 1 rings (SSSR count). The largest absolute Gasteiger partial charge is 0.444 e. The molecule has 2 amide bonds. The molecule has 0 saturated carbocycles. The highest BCUT2D eigenvalue weighted by Crippen LogP contribution is 2.10. The molecule has 0 bridgehead atoms. The van der Waals surface area contributed by atoms with Gasteiger partial charge in [0.25, 0.3) is 0 Å². The quantitative estimate of drug-likeness (QED) is 0.257. The predicted molar refractivity (Wildman–Crippen MR) is 104 cm³/mol. The monoisotopic (exact) mass is 412 g/mol. The molecule has 0 heterocycles. The van der Waals surface area contributed by atoms with Gasteiger partial charge in [-0.3, -0.25) is 4.79 Å². The molecule has 0 aromatic heterocycles. The number of nitrogens with two attached hydrogens (primary N) is 2. The summed E-state index contributed by atoms with van der Waals surface area (Å²) in [7, 11) is 0. The van der Waals surface area contributed by atoms with Crippen LogP contribution in [0.5, 0.6) is 0 Å². The lowest BCUT2D eigenvalue weighted by molar-refractivity contribution is -0.146. The lowest BCUT2D eigenvalue weighted by Gasteiger charge is -2.22. The Morgan fingerprint density at radius 1 is 1.18 bits per heavy atom. The first-order chi connectivity index (χ1) is 13.0. The van der Waals surface area contributed by atoms with Gasteiger partial charge in [-0.2, -0.15) is 0 Å². The van der Waals surface area contributed by atoms with Crippen LogP contribution in [0.15, 0.2) is 29.4 Å². The number of halogens is 1. The number of amides is 2. The van der Waals surface area contributed by atoms with E-state index in [0.717, 1.165) is 5.56 Å². The number of carbonyl (C=O) groups is 3. The maximum Gasteiger partial charge on any atom is 0.408 e. The van der Waals surface area contributed by atoms with Gasteiger partial charge < -0.3 is 26.4 Å². The summed E-state index contributed by atoms with van der Waals surface area (Å²) in [4.78, 5) is 39.9. The van der Waals surface area contributed by atoms with E-state index in [1.165, 1.54) is 0 Å². The number of alkyl carbamates (subject to hydrolysis) is 1. The molecule has 0 saturated heterocycles. The molecule has 9 nitrogen and oxygen atoms in total. The predicted octanol–water partition coefficient (Wildman–Crippen LogP) is 1.86. The molecule has 0 spiro atoms. The number of oxime groups is 1. The summed E-state index contributed by atoms with van der Waals surface area (Å²) in [6, 6.07) is 5.73. The van der Waals surface area contributed by atoms with Crippen LogP contribution in [-0.4, -0.2) is 35.4 Å². The second-order valence-corrected chi connectivity index (χ2v) is 7.44. The second-order valence-electron chi connectivity index (χ2n) is 7.00. The van der Waals surface area contributed by atoms with Crippen molar-refractivity contribution >= 4 is 35.4 Å². The minimum atomic E-state index is -1.17. The number of primary amides is 1. The van der Waals surface area contributed by atoms with Crippen LogP contribution < -0.4 is 16.8 Å². The zero-order valence-electron chi connectivity index (χ0n) is 16.0. The summed E-state index contributed by atoms with van der Waals surface area (Å²) in [6.45, 7) is 5.02. The topological polar surface area (TPSA) is 146 Å². The van der Waals surface area contributed by atoms with E-state index in [0.29, 0.717) is 5.02 Å². The molecule has 28 heavy (non-hydrogen) atoms. The Labute approximate surface area is 168 Å². The molecule has 0 radical (unpaired) electrons. The molecule has 0 aliphatic carbocycles. The molecule has 5 N–H and O–H groups in total. The Hall–Kier alpha value is -2.81. The highest BCUT2D eigenvalue weighted by atomic mass is 35.5. The Morgan fingerprint density at radius 2 is 1.79 bits per heavy atom. The number of nitrogens with one attached hydrogen (secondary N) is 1. The van der Waals surface area contributed by atoms with Crippen LogP contribution in [0.25, 0.3) is 0 Å². The molecule has 0 aliphatic heterocycles. The van der Waals surface area contributed by atoms with E-state index in [4.69, 9.17) is 32.6 Å². The van der Waals surface area contributed by atoms with Crippen molar-refractivity contribution in [3.05, 3.63) is 34.9 Å². The molecule has 154 valence electrons. The third kappa shape index (κ3) is 9.77. The zero-order chi connectivity index (χ0) is 21.3. The number of amidine groups is 1. The fourth-order valence-electron chi connectivity index (χ4n) is 2.00. The lowest BCUT2D eigenvalue weighted by Crippen LogP contribution is -2.44. The first-order valence-corrected chi connectivity index (χ1v) is 8.89. The van der Waals surface area contributed by atoms with E-state index in [-0.39, 0.29) is 25.1 Å². The van der Waals surface area contributed by atoms with Gasteiger partial charge in [0, 0.05) is 17.9 Å². The molecule has 0 aliphatic rings. The van der Waals surface area contributed by atoms with Crippen LogP contribution in [0.1, 0.15) is 39.2 Å². The molecule has 1 aromatic carbocycles. The average Bonchev–Trinajstić information content (AvgIpc) is 2.56. The smallest absolute Gasteiger partial charge is 0.408 e. The summed E-state index contributed by atoms with van der Waals surface area (Å²) >= 11 is 5.81. The van der Waals surface area contributed by atoms with Gasteiger partial charge in [-0.25, -0.2) is 9.59 Å². The highest BCUT2D eigenvalue weighted by molar-refractivity contribution is 6.30. The fourth-order valence-corrected chi connectivity index (χ4v) is 2.12.